The molecule has 2 aromatic rings. The van der Waals surface area contributed by atoms with E-state index in [2.05, 4.69) is 20.5 Å². The summed E-state index contributed by atoms with van der Waals surface area (Å²) >= 11 is 0. The van der Waals surface area contributed by atoms with Gasteiger partial charge < -0.3 is 21.1 Å². The Kier molecular flexibility index (Phi) is 11.7. The first-order valence-electron chi connectivity index (χ1n) is 10.7. The number of aromatic amines is 1. The second kappa shape index (κ2) is 14.0. The number of amides is 1. The number of sulfonamides is 1. The Bertz CT molecular complexity index is 1310. The fraction of sp³-hybridized carbons (Fsp3) is 0.333. The Morgan fingerprint density at radius 1 is 1.24 bits per heavy atom. The Balaban J connectivity index is 0.000000905. The van der Waals surface area contributed by atoms with Crippen LogP contribution in [0.1, 0.15) is 23.7 Å². The van der Waals surface area contributed by atoms with Crippen molar-refractivity contribution >= 4 is 33.5 Å². The van der Waals surface area contributed by atoms with Crippen LogP contribution in [-0.4, -0.2) is 55.7 Å². The number of aliphatic carboxylic acids is 1. The van der Waals surface area contributed by atoms with Crippen LogP contribution in [0.4, 0.5) is 18.9 Å². The number of rotatable bonds is 10. The van der Waals surface area contributed by atoms with Gasteiger partial charge in [-0.1, -0.05) is 19.1 Å². The number of pyridine rings is 1. The van der Waals surface area contributed by atoms with E-state index in [0.717, 1.165) is 5.56 Å². The van der Waals surface area contributed by atoms with Gasteiger partial charge in [-0.05, 0) is 42.7 Å². The molecule has 0 fully saturated rings. The molecule has 1 amide bonds. The standard InChI is InChI=1S/C19H26N6O5S.C2HF3O2/c1-3-14-10-13(11-16(26)22-7-8-30-24-19(20)21)17(18(27)23-14)25-31(28,29)15-6-4-5-12(2)9-15;3-2(4,5)1(6)7/h4-6,9-10,25H,3,7-8,11H2,1-2H3,(H,22,26)(H,23,27)(H4,20,21,24);(H,6,7). The maximum Gasteiger partial charge on any atom is 0.490 e. The number of hydroxylamine groups is 1. The summed E-state index contributed by atoms with van der Waals surface area (Å²) in [4.78, 5) is 41.2. The van der Waals surface area contributed by atoms with Crippen molar-refractivity contribution in [1.29, 1.82) is 5.41 Å². The first-order valence-corrected chi connectivity index (χ1v) is 12.2. The quantitative estimate of drug-likeness (QED) is 0.0936. The predicted octanol–water partition coefficient (Wildman–Crippen LogP) is 0.753. The number of carbonyl (C=O) groups is 2. The van der Waals surface area contributed by atoms with Gasteiger partial charge in [-0.25, -0.2) is 18.7 Å². The highest BCUT2D eigenvalue weighted by molar-refractivity contribution is 7.92. The third kappa shape index (κ3) is 10.9. The summed E-state index contributed by atoms with van der Waals surface area (Å²) in [6.45, 7) is 3.75. The van der Waals surface area contributed by atoms with Crippen LogP contribution in [0.25, 0.3) is 0 Å². The van der Waals surface area contributed by atoms with Crippen LogP contribution < -0.4 is 26.8 Å². The van der Waals surface area contributed by atoms with Crippen molar-refractivity contribution in [3.63, 3.8) is 0 Å². The summed E-state index contributed by atoms with van der Waals surface area (Å²) < 4.78 is 59.6. The average molecular weight is 565 g/mol. The summed E-state index contributed by atoms with van der Waals surface area (Å²) in [6, 6.07) is 7.85. The smallest absolute Gasteiger partial charge is 0.475 e. The highest BCUT2D eigenvalue weighted by Gasteiger charge is 2.38. The van der Waals surface area contributed by atoms with E-state index >= 15 is 0 Å². The van der Waals surface area contributed by atoms with Crippen LogP contribution >= 0.6 is 0 Å². The monoisotopic (exact) mass is 564 g/mol. The van der Waals surface area contributed by atoms with Crippen LogP contribution in [-0.2, 0) is 37.3 Å². The molecule has 1 aromatic heterocycles. The highest BCUT2D eigenvalue weighted by atomic mass is 32.2. The molecular formula is C21H27F3N6O7S. The number of carboxylic acid groups (broad SMARTS) is 1. The number of hydrogen-bond acceptors (Lipinski definition) is 7. The maximum atomic E-state index is 12.8. The molecule has 17 heteroatoms. The molecule has 1 aromatic carbocycles. The van der Waals surface area contributed by atoms with Gasteiger partial charge in [-0.2, -0.15) is 13.2 Å². The number of anilines is 1. The third-order valence-corrected chi connectivity index (χ3v) is 5.74. The fourth-order valence-electron chi connectivity index (χ4n) is 2.70. The van der Waals surface area contributed by atoms with Crippen LogP contribution in [0, 0.1) is 12.3 Å². The summed E-state index contributed by atoms with van der Waals surface area (Å²) in [5, 5.41) is 16.7. The van der Waals surface area contributed by atoms with E-state index < -0.39 is 33.6 Å². The normalized spacial score (nSPS) is 11.1. The van der Waals surface area contributed by atoms with Crippen molar-refractivity contribution in [2.24, 2.45) is 5.73 Å². The third-order valence-electron chi connectivity index (χ3n) is 4.39. The first-order chi connectivity index (χ1) is 17.6. The van der Waals surface area contributed by atoms with Gasteiger partial charge in [0.1, 0.15) is 5.69 Å². The molecule has 0 aliphatic carbocycles. The molecular weight excluding hydrogens is 537 g/mol. The molecule has 8 N–H and O–H groups in total. The van der Waals surface area contributed by atoms with E-state index in [-0.39, 0.29) is 41.7 Å². The number of carboxylic acids is 1. The number of nitrogens with one attached hydrogen (secondary N) is 5. The lowest BCUT2D eigenvalue weighted by Crippen LogP contribution is -2.35. The molecule has 2 rings (SSSR count). The molecule has 0 radical (unpaired) electrons. The number of aryl methyl sites for hydroxylation is 2. The zero-order valence-electron chi connectivity index (χ0n) is 20.2. The summed E-state index contributed by atoms with van der Waals surface area (Å²) in [5.41, 5.74) is 7.93. The Labute approximate surface area is 215 Å². The van der Waals surface area contributed by atoms with Gasteiger partial charge in [-0.3, -0.25) is 24.6 Å². The van der Waals surface area contributed by atoms with Crippen LogP contribution in [0.15, 0.2) is 40.0 Å². The van der Waals surface area contributed by atoms with E-state index in [9.17, 15) is 31.2 Å². The van der Waals surface area contributed by atoms with Crippen molar-refractivity contribution in [3.8, 4) is 0 Å². The van der Waals surface area contributed by atoms with Gasteiger partial charge in [-0.15, -0.1) is 0 Å². The predicted molar refractivity (Wildman–Crippen MR) is 130 cm³/mol. The number of benzene rings is 1. The van der Waals surface area contributed by atoms with Crippen LogP contribution in [0.5, 0.6) is 0 Å². The Hall–Kier alpha value is -4.12. The lowest BCUT2D eigenvalue weighted by Gasteiger charge is -2.14. The average Bonchev–Trinajstić information content (AvgIpc) is 2.80. The molecule has 0 spiro atoms. The van der Waals surface area contributed by atoms with Gasteiger partial charge >= 0.3 is 12.1 Å². The lowest BCUT2D eigenvalue weighted by atomic mass is 10.1. The lowest BCUT2D eigenvalue weighted by molar-refractivity contribution is -0.192. The Morgan fingerprint density at radius 2 is 1.87 bits per heavy atom. The molecule has 13 nitrogen and oxygen atoms in total. The van der Waals surface area contributed by atoms with E-state index in [4.69, 9.17) is 25.9 Å². The second-order valence-corrected chi connectivity index (χ2v) is 9.18. The molecule has 1 heterocycles. The van der Waals surface area contributed by atoms with E-state index in [1.54, 1.807) is 25.1 Å². The summed E-state index contributed by atoms with van der Waals surface area (Å²) in [7, 11) is -4.03. The number of H-pyrrole nitrogens is 1. The van der Waals surface area contributed by atoms with Crippen molar-refractivity contribution in [2.75, 3.05) is 17.9 Å². The largest absolute Gasteiger partial charge is 0.490 e. The molecule has 0 atom stereocenters. The minimum atomic E-state index is -5.08. The summed E-state index contributed by atoms with van der Waals surface area (Å²) in [6.07, 6.45) is -4.80. The zero-order chi connectivity index (χ0) is 29.1. The van der Waals surface area contributed by atoms with E-state index in [1.165, 1.54) is 12.1 Å². The molecule has 0 bridgehead atoms. The minimum Gasteiger partial charge on any atom is -0.475 e. The van der Waals surface area contributed by atoms with Gasteiger partial charge in [0.25, 0.3) is 15.6 Å². The van der Waals surface area contributed by atoms with Crippen LogP contribution in [0.2, 0.25) is 0 Å². The number of nitrogens with two attached hydrogens (primary N) is 1. The second-order valence-electron chi connectivity index (χ2n) is 7.49. The van der Waals surface area contributed by atoms with Gasteiger partial charge in [0.2, 0.25) is 11.9 Å². The number of aromatic nitrogens is 1. The molecule has 38 heavy (non-hydrogen) atoms. The Morgan fingerprint density at radius 3 is 2.39 bits per heavy atom. The zero-order valence-corrected chi connectivity index (χ0v) is 21.0. The minimum absolute atomic E-state index is 0.0111. The molecule has 0 aliphatic heterocycles. The van der Waals surface area contributed by atoms with Gasteiger partial charge in [0, 0.05) is 12.2 Å². The fourth-order valence-corrected chi connectivity index (χ4v) is 3.91. The number of alkyl halides is 3. The number of carbonyl (C=O) groups excluding carboxylic acids is 1. The molecule has 0 aliphatic rings. The van der Waals surface area contributed by atoms with Gasteiger partial charge in [0.05, 0.1) is 17.9 Å². The van der Waals surface area contributed by atoms with Crippen molar-refractivity contribution in [1.82, 2.24) is 15.8 Å². The SMILES string of the molecule is CCc1cc(CC(=O)NCCONC(=N)N)c(NS(=O)(=O)c2cccc(C)c2)c(=O)[nH]1.O=C(O)C(F)(F)F. The topological polar surface area (TPSA) is 217 Å². The van der Waals surface area contributed by atoms with Crippen molar-refractivity contribution in [2.45, 2.75) is 37.8 Å². The molecule has 0 unspecified atom stereocenters. The number of guanidine groups is 1. The molecule has 0 saturated carbocycles. The van der Waals surface area contributed by atoms with E-state index in [0.29, 0.717) is 12.1 Å². The number of hydrogen-bond donors (Lipinski definition) is 7. The van der Waals surface area contributed by atoms with E-state index in [1.807, 2.05) is 6.92 Å². The molecule has 0 saturated heterocycles. The van der Waals surface area contributed by atoms with Crippen LogP contribution in [0.3, 0.4) is 0 Å². The molecule has 210 valence electrons. The van der Waals surface area contributed by atoms with Crippen molar-refractivity contribution in [3.05, 3.63) is 57.5 Å². The number of halogens is 3. The summed E-state index contributed by atoms with van der Waals surface area (Å²) in [5.74, 6) is -3.56. The first kappa shape index (κ1) is 31.9. The highest BCUT2D eigenvalue weighted by Crippen LogP contribution is 2.19. The van der Waals surface area contributed by atoms with Gasteiger partial charge in [0.15, 0.2) is 0 Å². The van der Waals surface area contributed by atoms with Crippen molar-refractivity contribution < 1.29 is 41.1 Å². The maximum absolute atomic E-state index is 12.8.